The van der Waals surface area contributed by atoms with Gasteiger partial charge in [0.2, 0.25) is 0 Å². The number of aromatic amines is 2. The number of allylic oxidation sites excluding steroid dienone is 8. The maximum atomic E-state index is 7.08. The second-order valence-electron chi connectivity index (χ2n) is 28.8. The van der Waals surface area contributed by atoms with E-state index in [2.05, 4.69) is 114 Å². The molecule has 4 fully saturated rings. The lowest BCUT2D eigenvalue weighted by molar-refractivity contribution is 0.0544. The van der Waals surface area contributed by atoms with Crippen molar-refractivity contribution in [2.75, 3.05) is 0 Å². The highest BCUT2D eigenvalue weighted by molar-refractivity contribution is 6.07. The SMILES string of the molecule is CC1=C(C)CC2C3OC(c4cc5c(cc43)-c3nc-5nc4[nH]c(nc5nc(nc6[nH]c(n3)c3cc7c(cc63)C3OC7C6CC(C)=C(C)CC36)-c3cc6c(cc3-5)C3OC6C5CC(C)=C(C)CC35)c3cc5c(cc43)C3OC5C4CC(C)=C(C)CC34)C2C1. The van der Waals surface area contributed by atoms with Gasteiger partial charge < -0.3 is 28.9 Å². The average molecular weight is 1110 g/mol. The summed E-state index contributed by atoms with van der Waals surface area (Å²) < 4.78 is 28.3. The van der Waals surface area contributed by atoms with E-state index in [0.29, 0.717) is 70.6 Å². The predicted molar refractivity (Wildman–Crippen MR) is 321 cm³/mol. The second kappa shape index (κ2) is 15.7. The van der Waals surface area contributed by atoms with Crippen molar-refractivity contribution in [3.8, 4) is 45.6 Å². The average Bonchev–Trinajstić information content (AvgIpc) is 1.73. The summed E-state index contributed by atoms with van der Waals surface area (Å²) in [5.74, 6) is 6.16. The Balaban J connectivity index is 0.836. The zero-order chi connectivity index (χ0) is 55.5. The van der Waals surface area contributed by atoms with E-state index in [4.69, 9.17) is 48.9 Å². The number of aromatic nitrogens is 8. The van der Waals surface area contributed by atoms with E-state index in [-0.39, 0.29) is 48.8 Å². The summed E-state index contributed by atoms with van der Waals surface area (Å²) in [6.07, 6.45) is 8.87. The Morgan fingerprint density at radius 3 is 0.631 bits per heavy atom. The Bertz CT molecular complexity index is 4140. The third-order valence-electron chi connectivity index (χ3n) is 24.8. The topological polar surface area (TPSA) is 146 Å². The molecule has 13 heterocycles. The smallest absolute Gasteiger partial charge is 0.164 e. The van der Waals surface area contributed by atoms with Crippen LogP contribution in [0.1, 0.15) is 200 Å². The number of fused-ring (bicyclic) bond motifs is 52. The highest BCUT2D eigenvalue weighted by Crippen LogP contribution is 2.67. The predicted octanol–water partition coefficient (Wildman–Crippen LogP) is 16.8. The van der Waals surface area contributed by atoms with Crippen LogP contribution in [0.5, 0.6) is 0 Å². The number of nitrogens with one attached hydrogen (secondary N) is 2. The van der Waals surface area contributed by atoms with Crippen LogP contribution in [-0.4, -0.2) is 39.9 Å². The molecular weight excluding hydrogens is 1040 g/mol. The van der Waals surface area contributed by atoms with Crippen LogP contribution in [0.25, 0.3) is 89.7 Å². The molecule has 4 saturated heterocycles. The Kier molecular flexibility index (Phi) is 8.85. The molecule has 16 unspecified atom stereocenters. The van der Waals surface area contributed by atoms with Gasteiger partial charge in [0.1, 0.15) is 22.6 Å². The van der Waals surface area contributed by atoms with Gasteiger partial charge in [-0.05, 0) is 247 Å². The van der Waals surface area contributed by atoms with Crippen LogP contribution >= 0.6 is 0 Å². The van der Waals surface area contributed by atoms with Gasteiger partial charge in [-0.25, -0.2) is 29.9 Å². The molecule has 14 aliphatic rings. The summed E-state index contributed by atoms with van der Waals surface area (Å²) in [6.45, 7) is 18.6. The van der Waals surface area contributed by atoms with Crippen molar-refractivity contribution >= 4 is 44.1 Å². The largest absolute Gasteiger partial charge is 0.365 e. The molecule has 2 N–H and O–H groups in total. The zero-order valence-electron chi connectivity index (χ0n) is 48.8. The fraction of sp³-hybridized carbons (Fsp3) is 0.444. The minimum atomic E-state index is 0.0321. The van der Waals surface area contributed by atoms with Crippen LogP contribution in [0.15, 0.2) is 93.1 Å². The first-order valence-electron chi connectivity index (χ1n) is 31.6. The maximum absolute atomic E-state index is 7.08. The number of ether oxygens (including phenoxy) is 4. The van der Waals surface area contributed by atoms with Crippen LogP contribution in [0.2, 0.25) is 0 Å². The normalized spacial score (nSPS) is 34.4. The first-order chi connectivity index (χ1) is 40.8. The van der Waals surface area contributed by atoms with Crippen molar-refractivity contribution in [2.45, 2.75) is 156 Å². The molecule has 0 amide bonds. The Hall–Kier alpha value is -6.96. The van der Waals surface area contributed by atoms with Gasteiger partial charge in [-0.2, -0.15) is 0 Å². The Morgan fingerprint density at radius 1 is 0.262 bits per heavy atom. The van der Waals surface area contributed by atoms with Gasteiger partial charge in [-0.3, -0.25) is 0 Å². The van der Waals surface area contributed by atoms with Gasteiger partial charge in [-0.15, -0.1) is 0 Å². The van der Waals surface area contributed by atoms with Crippen molar-refractivity contribution in [1.82, 2.24) is 39.9 Å². The molecule has 12 heteroatoms. The van der Waals surface area contributed by atoms with E-state index in [1.165, 1.54) is 89.1 Å². The van der Waals surface area contributed by atoms with Crippen molar-refractivity contribution in [1.29, 1.82) is 0 Å². The Labute approximate surface area is 486 Å². The highest BCUT2D eigenvalue weighted by atomic mass is 16.5. The molecule has 21 rings (SSSR count). The minimum Gasteiger partial charge on any atom is -0.365 e. The lowest BCUT2D eigenvalue weighted by Crippen LogP contribution is -2.26. The highest BCUT2D eigenvalue weighted by Gasteiger charge is 2.58. The summed E-state index contributed by atoms with van der Waals surface area (Å²) in [5, 5.41) is 4.02. The van der Waals surface area contributed by atoms with Crippen molar-refractivity contribution in [3.63, 3.8) is 0 Å². The van der Waals surface area contributed by atoms with E-state index in [9.17, 15) is 0 Å². The van der Waals surface area contributed by atoms with E-state index < -0.39 is 0 Å². The third kappa shape index (κ3) is 5.86. The van der Waals surface area contributed by atoms with Gasteiger partial charge in [-0.1, -0.05) is 44.6 Å². The molecule has 0 saturated carbocycles. The molecule has 4 aliphatic carbocycles. The van der Waals surface area contributed by atoms with Gasteiger partial charge in [0.25, 0.3) is 0 Å². The quantitative estimate of drug-likeness (QED) is 0.141. The zero-order valence-corrected chi connectivity index (χ0v) is 48.8. The van der Waals surface area contributed by atoms with E-state index in [1.54, 1.807) is 0 Å². The number of rotatable bonds is 0. The summed E-state index contributed by atoms with van der Waals surface area (Å²) in [5.41, 5.74) is 29.1. The molecule has 10 aliphatic heterocycles. The summed E-state index contributed by atoms with van der Waals surface area (Å²) in [7, 11) is 0. The molecule has 16 bridgehead atoms. The summed E-state index contributed by atoms with van der Waals surface area (Å²) in [6, 6.07) is 19.0. The molecule has 0 spiro atoms. The van der Waals surface area contributed by atoms with Crippen LogP contribution in [0.3, 0.4) is 0 Å². The number of nitrogens with zero attached hydrogens (tertiary/aromatic N) is 6. The van der Waals surface area contributed by atoms with E-state index in [1.807, 2.05) is 0 Å². The van der Waals surface area contributed by atoms with Crippen molar-refractivity contribution < 1.29 is 18.9 Å². The first kappa shape index (κ1) is 47.3. The molecule has 84 heavy (non-hydrogen) atoms. The number of hydrogen-bond donors (Lipinski definition) is 2. The third-order valence-corrected chi connectivity index (χ3v) is 24.8. The fourth-order valence-electron chi connectivity index (χ4n) is 20.0. The van der Waals surface area contributed by atoms with E-state index in [0.717, 1.165) is 118 Å². The standard InChI is InChI=1S/C72H66N8O4/c1-25-9-33-34(10-26(25)2)58-42-18-50-49(17-41(42)57(33)81-58)65-73-66(50)78-68-53-21-45-46(62-38-14-30(6)29(5)13-37(38)61(45)83-62)22-54(53)70(75-68)80-72-56-24-48-47(63-39-15-31(7)32(8)16-40(39)64(48)84-63)23-55(56)71(76-72)79-69-52-20-44-43(19-51(52)67(74-69)77-65)59-35-11-27(3)28(4)12-36(35)60(44)82-59/h17-24,33-40,57-64H,9-16H2,1-8H3,(H2,73,74,75,76,77,78,79,80). The first-order valence-corrected chi connectivity index (χ1v) is 31.6. The van der Waals surface area contributed by atoms with Gasteiger partial charge in [0, 0.05) is 43.8 Å². The summed E-state index contributed by atoms with van der Waals surface area (Å²) >= 11 is 0. The molecule has 12 nitrogen and oxygen atoms in total. The van der Waals surface area contributed by atoms with Gasteiger partial charge >= 0.3 is 0 Å². The molecule has 7 aromatic rings. The van der Waals surface area contributed by atoms with Crippen molar-refractivity contribution in [2.24, 2.45) is 47.3 Å². The van der Waals surface area contributed by atoms with Gasteiger partial charge in [0.05, 0.1) is 48.8 Å². The maximum Gasteiger partial charge on any atom is 0.164 e. The van der Waals surface area contributed by atoms with Crippen molar-refractivity contribution in [3.05, 3.63) is 138 Å². The van der Waals surface area contributed by atoms with Crippen LogP contribution in [0, 0.1) is 47.3 Å². The molecule has 16 atom stereocenters. The van der Waals surface area contributed by atoms with Crippen LogP contribution in [0.4, 0.5) is 0 Å². The molecule has 0 radical (unpaired) electrons. The fourth-order valence-corrected chi connectivity index (χ4v) is 20.0. The monoisotopic (exact) mass is 1110 g/mol. The Morgan fingerprint density at radius 2 is 0.440 bits per heavy atom. The number of benzene rings is 4. The van der Waals surface area contributed by atoms with Gasteiger partial charge in [0.15, 0.2) is 23.3 Å². The van der Waals surface area contributed by atoms with E-state index >= 15 is 0 Å². The molecule has 3 aromatic heterocycles. The van der Waals surface area contributed by atoms with Crippen LogP contribution < -0.4 is 0 Å². The summed E-state index contributed by atoms with van der Waals surface area (Å²) in [4.78, 5) is 41.7. The van der Waals surface area contributed by atoms with Crippen LogP contribution in [-0.2, 0) is 18.9 Å². The second-order valence-corrected chi connectivity index (χ2v) is 28.8. The lowest BCUT2D eigenvalue weighted by atomic mass is 9.67. The molecular formula is C72H66N8O4. The lowest BCUT2D eigenvalue weighted by Gasteiger charge is -2.34. The minimum absolute atomic E-state index is 0.0321. The molecule has 418 valence electrons. The number of hydrogen-bond acceptors (Lipinski definition) is 10. The molecule has 4 aromatic carbocycles. The number of H-pyrrole nitrogens is 2.